The van der Waals surface area contributed by atoms with Crippen LogP contribution in [-0.4, -0.2) is 36.2 Å². The van der Waals surface area contributed by atoms with E-state index in [2.05, 4.69) is 24.0 Å². The summed E-state index contributed by atoms with van der Waals surface area (Å²) in [4.78, 5) is 2.52. The molecule has 1 aliphatic heterocycles. The second-order valence-corrected chi connectivity index (χ2v) is 7.45. The van der Waals surface area contributed by atoms with Crippen LogP contribution in [0.25, 0.3) is 0 Å². The van der Waals surface area contributed by atoms with Crippen LogP contribution in [0, 0.1) is 0 Å². The zero-order valence-corrected chi connectivity index (χ0v) is 16.3. The first-order valence-corrected chi connectivity index (χ1v) is 10.4. The van der Waals surface area contributed by atoms with Gasteiger partial charge in [-0.2, -0.15) is 0 Å². The highest BCUT2D eigenvalue weighted by Gasteiger charge is 2.29. The molecule has 1 fully saturated rings. The maximum atomic E-state index is 11.5. The molecule has 1 atom stereocenters. The third kappa shape index (κ3) is 6.63. The molecule has 3 nitrogen and oxygen atoms in total. The second kappa shape index (κ2) is 10.8. The molecule has 0 saturated carbocycles. The second-order valence-electron chi connectivity index (χ2n) is 7.45. The van der Waals surface area contributed by atoms with E-state index in [1.54, 1.807) is 0 Å². The van der Waals surface area contributed by atoms with Crippen molar-refractivity contribution in [3.8, 4) is 5.75 Å². The predicted octanol–water partition coefficient (Wildman–Crippen LogP) is 5.12. The van der Waals surface area contributed by atoms with Crippen LogP contribution in [0.2, 0.25) is 0 Å². The van der Waals surface area contributed by atoms with Gasteiger partial charge in [0.15, 0.2) is 0 Å². The van der Waals surface area contributed by atoms with Gasteiger partial charge < -0.3 is 14.7 Å². The van der Waals surface area contributed by atoms with Gasteiger partial charge in [-0.3, -0.25) is 0 Å². The Morgan fingerprint density at radius 2 is 1.68 bits per heavy atom. The number of piperidine rings is 1. The number of hydrogen-bond donors (Lipinski definition) is 1. The van der Waals surface area contributed by atoms with Crippen molar-refractivity contribution in [2.24, 2.45) is 0 Å². The van der Waals surface area contributed by atoms with Crippen LogP contribution in [0.4, 0.5) is 0 Å². The molecule has 1 aromatic carbocycles. The Morgan fingerprint density at radius 1 is 0.960 bits per heavy atom. The molecule has 3 heteroatoms. The van der Waals surface area contributed by atoms with Crippen molar-refractivity contribution >= 4 is 0 Å². The number of hydrogen-bond acceptors (Lipinski definition) is 3. The van der Waals surface area contributed by atoms with E-state index in [1.807, 2.05) is 19.1 Å². The van der Waals surface area contributed by atoms with Gasteiger partial charge in [0.05, 0.1) is 12.2 Å². The van der Waals surface area contributed by atoms with Crippen LogP contribution in [0.15, 0.2) is 24.3 Å². The van der Waals surface area contributed by atoms with E-state index in [0.717, 1.165) is 37.1 Å². The first-order valence-electron chi connectivity index (χ1n) is 10.4. The highest BCUT2D eigenvalue weighted by Crippen LogP contribution is 2.33. The summed E-state index contributed by atoms with van der Waals surface area (Å²) in [6.07, 6.45) is 10.4. The molecule has 1 heterocycles. The molecule has 142 valence electrons. The summed E-state index contributed by atoms with van der Waals surface area (Å²) >= 11 is 0. The molecular formula is C22H37NO2. The number of aliphatic hydroxyl groups is 1. The minimum Gasteiger partial charge on any atom is -0.494 e. The number of nitrogens with zero attached hydrogens (tertiary/aromatic N) is 1. The van der Waals surface area contributed by atoms with Crippen LogP contribution in [0.5, 0.6) is 5.75 Å². The molecule has 25 heavy (non-hydrogen) atoms. The molecule has 2 rings (SSSR count). The Balaban J connectivity index is 2.01. The van der Waals surface area contributed by atoms with Gasteiger partial charge in [-0.1, -0.05) is 51.2 Å². The Bertz CT molecular complexity index is 467. The lowest BCUT2D eigenvalue weighted by Gasteiger charge is -2.33. The van der Waals surface area contributed by atoms with Gasteiger partial charge in [-0.05, 0) is 63.4 Å². The van der Waals surface area contributed by atoms with Gasteiger partial charge in [0.1, 0.15) is 5.75 Å². The van der Waals surface area contributed by atoms with Gasteiger partial charge in [0.25, 0.3) is 0 Å². The van der Waals surface area contributed by atoms with Crippen LogP contribution in [-0.2, 0) is 5.60 Å². The summed E-state index contributed by atoms with van der Waals surface area (Å²) in [5.41, 5.74) is 0.333. The fraction of sp³-hybridized carbons (Fsp3) is 0.727. The van der Waals surface area contributed by atoms with Gasteiger partial charge in [0.2, 0.25) is 0 Å². The van der Waals surface area contributed by atoms with Crippen molar-refractivity contribution in [2.75, 3.05) is 26.2 Å². The summed E-state index contributed by atoms with van der Waals surface area (Å²) in [5.74, 6) is 0.885. The average Bonchev–Trinajstić information content (AvgIpc) is 2.65. The normalized spacial score (nSPS) is 18.0. The first-order chi connectivity index (χ1) is 12.2. The number of rotatable bonds is 11. The zero-order valence-electron chi connectivity index (χ0n) is 16.3. The quantitative estimate of drug-likeness (QED) is 0.564. The zero-order chi connectivity index (χ0) is 18.0. The molecule has 0 amide bonds. The molecule has 0 aromatic heterocycles. The van der Waals surface area contributed by atoms with E-state index >= 15 is 0 Å². The SMILES string of the molecule is CCCCCCC(O)(CCN1CCCCC1)c1ccc(OCC)cc1. The minimum atomic E-state index is -0.712. The van der Waals surface area contributed by atoms with Crippen molar-refractivity contribution in [3.05, 3.63) is 29.8 Å². The van der Waals surface area contributed by atoms with Crippen molar-refractivity contribution < 1.29 is 9.84 Å². The lowest BCUT2D eigenvalue weighted by Crippen LogP contribution is -2.36. The van der Waals surface area contributed by atoms with E-state index in [4.69, 9.17) is 4.74 Å². The van der Waals surface area contributed by atoms with Gasteiger partial charge in [-0.15, -0.1) is 0 Å². The predicted molar refractivity (Wildman–Crippen MR) is 105 cm³/mol. The van der Waals surface area contributed by atoms with Crippen LogP contribution >= 0.6 is 0 Å². The summed E-state index contributed by atoms with van der Waals surface area (Å²) in [7, 11) is 0. The standard InChI is InChI=1S/C22H37NO2/c1-3-5-6-8-15-22(24,16-19-23-17-9-7-10-18-23)20-11-13-21(14-12-20)25-4-2/h11-14,24H,3-10,15-19H2,1-2H3. The maximum absolute atomic E-state index is 11.5. The Kier molecular flexibility index (Phi) is 8.77. The summed E-state index contributed by atoms with van der Waals surface area (Å²) in [6.45, 7) is 8.28. The fourth-order valence-corrected chi connectivity index (χ4v) is 3.81. The smallest absolute Gasteiger partial charge is 0.119 e. The van der Waals surface area contributed by atoms with Crippen molar-refractivity contribution in [1.29, 1.82) is 0 Å². The molecule has 0 radical (unpaired) electrons. The van der Waals surface area contributed by atoms with Crippen LogP contribution in [0.3, 0.4) is 0 Å². The molecule has 1 aromatic rings. The Hall–Kier alpha value is -1.06. The summed E-state index contributed by atoms with van der Waals surface area (Å²) in [6, 6.07) is 8.11. The molecule has 1 aliphatic rings. The Morgan fingerprint density at radius 3 is 2.32 bits per heavy atom. The highest BCUT2D eigenvalue weighted by molar-refractivity contribution is 5.31. The number of unbranched alkanes of at least 4 members (excludes halogenated alkanes) is 3. The first kappa shape index (κ1) is 20.3. The summed E-state index contributed by atoms with van der Waals surface area (Å²) in [5, 5.41) is 11.5. The molecule has 0 bridgehead atoms. The van der Waals surface area contributed by atoms with E-state index in [1.165, 1.54) is 51.6 Å². The van der Waals surface area contributed by atoms with Crippen molar-refractivity contribution in [2.45, 2.75) is 77.2 Å². The molecular weight excluding hydrogens is 310 g/mol. The van der Waals surface area contributed by atoms with Crippen molar-refractivity contribution in [1.82, 2.24) is 4.90 Å². The number of benzene rings is 1. The third-order valence-electron chi connectivity index (χ3n) is 5.44. The van der Waals surface area contributed by atoms with Crippen LogP contribution < -0.4 is 4.74 Å². The van der Waals surface area contributed by atoms with Crippen LogP contribution in [0.1, 0.15) is 77.2 Å². The van der Waals surface area contributed by atoms with E-state index in [0.29, 0.717) is 6.61 Å². The molecule has 1 unspecified atom stereocenters. The van der Waals surface area contributed by atoms with E-state index in [9.17, 15) is 5.11 Å². The van der Waals surface area contributed by atoms with Gasteiger partial charge in [0, 0.05) is 6.54 Å². The minimum absolute atomic E-state index is 0.676. The monoisotopic (exact) mass is 347 g/mol. The molecule has 0 aliphatic carbocycles. The van der Waals surface area contributed by atoms with Gasteiger partial charge >= 0.3 is 0 Å². The number of likely N-dealkylation sites (tertiary alicyclic amines) is 1. The largest absolute Gasteiger partial charge is 0.494 e. The summed E-state index contributed by atoms with van der Waals surface area (Å²) < 4.78 is 5.55. The molecule has 0 spiro atoms. The maximum Gasteiger partial charge on any atom is 0.119 e. The lowest BCUT2D eigenvalue weighted by molar-refractivity contribution is 0.00476. The number of ether oxygens (including phenoxy) is 1. The Labute approximate surface area is 154 Å². The topological polar surface area (TPSA) is 32.7 Å². The van der Waals surface area contributed by atoms with Gasteiger partial charge in [-0.25, -0.2) is 0 Å². The van der Waals surface area contributed by atoms with Crippen molar-refractivity contribution in [3.63, 3.8) is 0 Å². The van der Waals surface area contributed by atoms with E-state index in [-0.39, 0.29) is 0 Å². The highest BCUT2D eigenvalue weighted by atomic mass is 16.5. The van der Waals surface area contributed by atoms with E-state index < -0.39 is 5.60 Å². The molecule has 1 saturated heterocycles. The fourth-order valence-electron chi connectivity index (χ4n) is 3.81. The average molecular weight is 348 g/mol. The third-order valence-corrected chi connectivity index (χ3v) is 5.44. The lowest BCUT2D eigenvalue weighted by atomic mass is 9.85. The molecule has 1 N–H and O–H groups in total.